The minimum Gasteiger partial charge on any atom is -0.369 e. The molecule has 3 nitrogen and oxygen atoms in total. The van der Waals surface area contributed by atoms with Crippen LogP contribution in [0.2, 0.25) is 0 Å². The molecular weight excluding hydrogens is 229 g/mol. The summed E-state index contributed by atoms with van der Waals surface area (Å²) in [5.41, 5.74) is 2.00. The van der Waals surface area contributed by atoms with Crippen molar-refractivity contribution in [1.29, 1.82) is 0 Å². The fourth-order valence-corrected chi connectivity index (χ4v) is 2.41. The first-order chi connectivity index (χ1) is 8.60. The van der Waals surface area contributed by atoms with Gasteiger partial charge in [-0.05, 0) is 44.8 Å². The van der Waals surface area contributed by atoms with Gasteiger partial charge in [0, 0.05) is 37.9 Å². The van der Waals surface area contributed by atoms with E-state index in [9.17, 15) is 4.39 Å². The molecule has 1 fully saturated rings. The van der Waals surface area contributed by atoms with Crippen LogP contribution in [0.15, 0.2) is 18.2 Å². The molecule has 18 heavy (non-hydrogen) atoms. The largest absolute Gasteiger partial charge is 0.369 e. The number of rotatable bonds is 3. The van der Waals surface area contributed by atoms with Crippen molar-refractivity contribution in [3.05, 3.63) is 29.6 Å². The highest BCUT2D eigenvalue weighted by atomic mass is 19.1. The summed E-state index contributed by atoms with van der Waals surface area (Å²) in [7, 11) is 4.02. The Morgan fingerprint density at radius 2 is 2.11 bits per heavy atom. The molecule has 4 heteroatoms. The molecule has 1 saturated heterocycles. The van der Waals surface area contributed by atoms with E-state index in [1.54, 1.807) is 12.1 Å². The summed E-state index contributed by atoms with van der Waals surface area (Å²) in [6, 6.07) is 5.82. The molecule has 0 saturated carbocycles. The number of nitrogens with one attached hydrogen (secondary N) is 1. The number of halogens is 1. The van der Waals surface area contributed by atoms with E-state index in [0.29, 0.717) is 12.6 Å². The highest BCUT2D eigenvalue weighted by molar-refractivity contribution is 5.49. The van der Waals surface area contributed by atoms with E-state index >= 15 is 0 Å². The molecule has 1 aliphatic heterocycles. The van der Waals surface area contributed by atoms with E-state index in [4.69, 9.17) is 0 Å². The van der Waals surface area contributed by atoms with Crippen molar-refractivity contribution >= 4 is 5.69 Å². The van der Waals surface area contributed by atoms with Gasteiger partial charge in [0.05, 0.1) is 0 Å². The molecule has 1 aromatic carbocycles. The van der Waals surface area contributed by atoms with Crippen LogP contribution in [0.25, 0.3) is 0 Å². The van der Waals surface area contributed by atoms with Crippen molar-refractivity contribution in [3.8, 4) is 0 Å². The molecule has 100 valence electrons. The van der Waals surface area contributed by atoms with Gasteiger partial charge in [-0.1, -0.05) is 0 Å². The van der Waals surface area contributed by atoms with Crippen LogP contribution in [0.3, 0.4) is 0 Å². The minimum atomic E-state index is -0.149. The Bertz CT molecular complexity index is 408. The Balaban J connectivity index is 2.17. The molecule has 2 rings (SSSR count). The van der Waals surface area contributed by atoms with Gasteiger partial charge in [0.1, 0.15) is 5.82 Å². The monoisotopic (exact) mass is 251 g/mol. The fourth-order valence-electron chi connectivity index (χ4n) is 2.41. The summed E-state index contributed by atoms with van der Waals surface area (Å²) in [6.45, 7) is 5.86. The zero-order chi connectivity index (χ0) is 13.1. The van der Waals surface area contributed by atoms with Gasteiger partial charge in [-0.25, -0.2) is 4.39 Å². The van der Waals surface area contributed by atoms with Gasteiger partial charge >= 0.3 is 0 Å². The molecule has 1 N–H and O–H groups in total. The highest BCUT2D eigenvalue weighted by Gasteiger charge is 2.21. The van der Waals surface area contributed by atoms with Crippen molar-refractivity contribution < 1.29 is 4.39 Å². The predicted octanol–water partition coefficient (Wildman–Crippen LogP) is 1.69. The van der Waals surface area contributed by atoms with E-state index in [1.165, 1.54) is 0 Å². The number of nitrogens with zero attached hydrogens (tertiary/aromatic N) is 2. The van der Waals surface area contributed by atoms with Gasteiger partial charge < -0.3 is 15.1 Å². The van der Waals surface area contributed by atoms with Crippen molar-refractivity contribution in [2.75, 3.05) is 38.6 Å². The maximum atomic E-state index is 13.6. The molecule has 1 unspecified atom stereocenters. The summed E-state index contributed by atoms with van der Waals surface area (Å²) in [4.78, 5) is 4.61. The van der Waals surface area contributed by atoms with Crippen LogP contribution in [0.5, 0.6) is 0 Å². The predicted molar refractivity (Wildman–Crippen MR) is 73.5 cm³/mol. The number of hydrogen-bond donors (Lipinski definition) is 1. The Kier molecular flexibility index (Phi) is 4.19. The molecule has 0 spiro atoms. The molecule has 1 aliphatic rings. The van der Waals surface area contributed by atoms with E-state index < -0.39 is 0 Å². The van der Waals surface area contributed by atoms with Gasteiger partial charge in [-0.2, -0.15) is 0 Å². The lowest BCUT2D eigenvalue weighted by Crippen LogP contribution is -2.50. The fraction of sp³-hybridized carbons (Fsp3) is 0.571. The van der Waals surface area contributed by atoms with Crippen LogP contribution in [0.1, 0.15) is 12.5 Å². The van der Waals surface area contributed by atoms with Gasteiger partial charge in [-0.3, -0.25) is 0 Å². The van der Waals surface area contributed by atoms with E-state index in [2.05, 4.69) is 35.2 Å². The van der Waals surface area contributed by atoms with Gasteiger partial charge in [0.15, 0.2) is 0 Å². The van der Waals surface area contributed by atoms with Crippen molar-refractivity contribution in [3.63, 3.8) is 0 Å². The molecule has 0 radical (unpaired) electrons. The van der Waals surface area contributed by atoms with Crippen LogP contribution in [-0.2, 0) is 6.54 Å². The van der Waals surface area contributed by atoms with Crippen LogP contribution in [0, 0.1) is 5.82 Å². The lowest BCUT2D eigenvalue weighted by molar-refractivity contribution is 0.234. The zero-order valence-corrected chi connectivity index (χ0v) is 11.4. The van der Waals surface area contributed by atoms with Crippen LogP contribution >= 0.6 is 0 Å². The Morgan fingerprint density at radius 1 is 1.33 bits per heavy atom. The molecule has 0 aliphatic carbocycles. The summed E-state index contributed by atoms with van der Waals surface area (Å²) >= 11 is 0. The number of anilines is 1. The van der Waals surface area contributed by atoms with Gasteiger partial charge in [-0.15, -0.1) is 0 Å². The normalized spacial score (nSPS) is 21.3. The lowest BCUT2D eigenvalue weighted by atomic mass is 10.1. The zero-order valence-electron chi connectivity index (χ0n) is 11.4. The van der Waals surface area contributed by atoms with E-state index in [-0.39, 0.29) is 5.82 Å². The number of benzene rings is 1. The van der Waals surface area contributed by atoms with Crippen LogP contribution < -0.4 is 10.2 Å². The molecule has 1 aromatic rings. The number of likely N-dealkylation sites (N-methyl/N-ethyl adjacent to an activating group) is 1. The summed E-state index contributed by atoms with van der Waals surface area (Å²) < 4.78 is 13.6. The summed E-state index contributed by atoms with van der Waals surface area (Å²) in [6.07, 6.45) is 0. The topological polar surface area (TPSA) is 18.5 Å². The van der Waals surface area contributed by atoms with Crippen molar-refractivity contribution in [1.82, 2.24) is 10.2 Å². The Labute approximate surface area is 109 Å². The molecule has 1 atom stereocenters. The average molecular weight is 251 g/mol. The van der Waals surface area contributed by atoms with Gasteiger partial charge in [0.25, 0.3) is 0 Å². The second-order valence-electron chi connectivity index (χ2n) is 5.12. The molecular formula is C14H22FN3. The summed E-state index contributed by atoms with van der Waals surface area (Å²) in [5, 5.41) is 3.06. The SMILES string of the molecule is CNCc1cc(F)cc(N2CCN(C)C(C)C2)c1. The average Bonchev–Trinajstić information content (AvgIpc) is 2.32. The second-order valence-corrected chi connectivity index (χ2v) is 5.12. The number of hydrogen-bond acceptors (Lipinski definition) is 3. The summed E-state index contributed by atoms with van der Waals surface area (Å²) in [5.74, 6) is -0.149. The first-order valence-corrected chi connectivity index (χ1v) is 6.49. The number of piperazine rings is 1. The minimum absolute atomic E-state index is 0.149. The van der Waals surface area contributed by atoms with E-state index in [1.807, 2.05) is 7.05 Å². The maximum Gasteiger partial charge on any atom is 0.125 e. The third-order valence-electron chi connectivity index (χ3n) is 3.65. The van der Waals surface area contributed by atoms with Crippen molar-refractivity contribution in [2.24, 2.45) is 0 Å². The highest BCUT2D eigenvalue weighted by Crippen LogP contribution is 2.21. The first kappa shape index (κ1) is 13.3. The Hall–Kier alpha value is -1.13. The molecule has 0 amide bonds. The van der Waals surface area contributed by atoms with Crippen LogP contribution in [0.4, 0.5) is 10.1 Å². The first-order valence-electron chi connectivity index (χ1n) is 6.49. The molecule has 1 heterocycles. The Morgan fingerprint density at radius 3 is 2.78 bits per heavy atom. The molecule has 0 aromatic heterocycles. The quantitative estimate of drug-likeness (QED) is 0.882. The smallest absolute Gasteiger partial charge is 0.125 e. The van der Waals surface area contributed by atoms with Crippen molar-refractivity contribution in [2.45, 2.75) is 19.5 Å². The van der Waals surface area contributed by atoms with Gasteiger partial charge in [0.2, 0.25) is 0 Å². The second kappa shape index (κ2) is 5.67. The molecule has 0 bridgehead atoms. The standard InChI is InChI=1S/C14H22FN3/c1-11-10-18(5-4-17(11)3)14-7-12(9-16-2)6-13(15)8-14/h6-8,11,16H,4-5,9-10H2,1-3H3. The third-order valence-corrected chi connectivity index (χ3v) is 3.65. The van der Waals surface area contributed by atoms with E-state index in [0.717, 1.165) is 30.9 Å². The third kappa shape index (κ3) is 3.00. The maximum absolute atomic E-state index is 13.6. The van der Waals surface area contributed by atoms with Crippen LogP contribution in [-0.4, -0.2) is 44.7 Å². The lowest BCUT2D eigenvalue weighted by Gasteiger charge is -2.39.